The van der Waals surface area contributed by atoms with E-state index in [1.807, 2.05) is 17.0 Å². The summed E-state index contributed by atoms with van der Waals surface area (Å²) in [5.74, 6) is 3.88. The number of ketones is 1. The van der Waals surface area contributed by atoms with Gasteiger partial charge in [-0.25, -0.2) is 9.48 Å². The minimum absolute atomic E-state index is 0.0480. The van der Waals surface area contributed by atoms with Gasteiger partial charge in [0.15, 0.2) is 17.3 Å². The monoisotopic (exact) mass is 435 g/mol. The fourth-order valence-electron chi connectivity index (χ4n) is 4.45. The van der Waals surface area contributed by atoms with Gasteiger partial charge in [0.1, 0.15) is 17.4 Å². The van der Waals surface area contributed by atoms with Gasteiger partial charge in [0.05, 0.1) is 33.6 Å². The number of Topliss-reactive ketones (excluding diaryl/α,β-unsaturated/α-hetero) is 1. The van der Waals surface area contributed by atoms with Crippen LogP contribution in [0.15, 0.2) is 35.7 Å². The van der Waals surface area contributed by atoms with Crippen molar-refractivity contribution in [3.8, 4) is 23.8 Å². The fraction of sp³-hybridized carbons (Fsp3) is 0.375. The van der Waals surface area contributed by atoms with Crippen molar-refractivity contribution in [1.29, 1.82) is 0 Å². The van der Waals surface area contributed by atoms with E-state index >= 15 is 0 Å². The lowest BCUT2D eigenvalue weighted by molar-refractivity contribution is -0.116. The van der Waals surface area contributed by atoms with E-state index < -0.39 is 12.0 Å². The van der Waals surface area contributed by atoms with E-state index in [0.717, 1.165) is 17.7 Å². The smallest absolute Gasteiger partial charge is 0.343 e. The minimum Gasteiger partial charge on any atom is -0.493 e. The summed E-state index contributed by atoms with van der Waals surface area (Å²) in [7, 11) is 3.13. The van der Waals surface area contributed by atoms with Gasteiger partial charge in [0.2, 0.25) is 0 Å². The molecule has 0 N–H and O–H groups in total. The number of nitrogens with zero attached hydrogens (tertiary/aromatic N) is 3. The molecule has 2 heterocycles. The SMILES string of the molecule is C#CCN1C2=C(C(=O)CCC2)C(c2ccc(OC)c(OC)c2)n2ncc(C(=O)OCC)c21. The molecule has 8 nitrogen and oxygen atoms in total. The summed E-state index contributed by atoms with van der Waals surface area (Å²) in [6.45, 7) is 2.20. The molecule has 166 valence electrons. The van der Waals surface area contributed by atoms with E-state index in [0.29, 0.717) is 41.3 Å². The first-order valence-corrected chi connectivity index (χ1v) is 10.5. The molecule has 0 radical (unpaired) electrons. The van der Waals surface area contributed by atoms with Crippen LogP contribution in [0.2, 0.25) is 0 Å². The van der Waals surface area contributed by atoms with Gasteiger partial charge in [0.25, 0.3) is 0 Å². The molecule has 0 saturated heterocycles. The first kappa shape index (κ1) is 21.5. The van der Waals surface area contributed by atoms with E-state index in [9.17, 15) is 9.59 Å². The topological polar surface area (TPSA) is 82.9 Å². The molecule has 32 heavy (non-hydrogen) atoms. The maximum absolute atomic E-state index is 13.2. The van der Waals surface area contributed by atoms with Gasteiger partial charge < -0.3 is 19.1 Å². The Balaban J connectivity index is 1.97. The van der Waals surface area contributed by atoms with Crippen molar-refractivity contribution in [3.05, 3.63) is 46.8 Å². The number of ether oxygens (including phenoxy) is 3. The number of hydrogen-bond acceptors (Lipinski definition) is 7. The third-order valence-electron chi connectivity index (χ3n) is 5.77. The molecular formula is C24H25N3O5. The number of fused-ring (bicyclic) bond motifs is 1. The second-order valence-corrected chi connectivity index (χ2v) is 7.49. The Morgan fingerprint density at radius 1 is 1.25 bits per heavy atom. The molecule has 1 aromatic heterocycles. The average Bonchev–Trinajstić information content (AvgIpc) is 3.24. The first-order valence-electron chi connectivity index (χ1n) is 10.5. The first-order chi connectivity index (χ1) is 15.5. The molecule has 4 rings (SSSR count). The lowest BCUT2D eigenvalue weighted by Crippen LogP contribution is -2.39. The molecule has 0 fully saturated rings. The zero-order valence-electron chi connectivity index (χ0n) is 18.4. The Bertz CT molecular complexity index is 1140. The molecule has 1 aliphatic carbocycles. The van der Waals surface area contributed by atoms with Gasteiger partial charge in [-0.15, -0.1) is 6.42 Å². The van der Waals surface area contributed by atoms with Crippen LogP contribution in [0.25, 0.3) is 0 Å². The van der Waals surface area contributed by atoms with Gasteiger partial charge in [0, 0.05) is 17.7 Å². The van der Waals surface area contributed by atoms with Crippen molar-refractivity contribution in [2.24, 2.45) is 0 Å². The number of hydrogen-bond donors (Lipinski definition) is 0. The Labute approximate surface area is 186 Å². The third-order valence-corrected chi connectivity index (χ3v) is 5.77. The molecule has 2 aromatic rings. The van der Waals surface area contributed by atoms with Gasteiger partial charge in [-0.3, -0.25) is 4.79 Å². The number of terminal acetylenes is 1. The Morgan fingerprint density at radius 2 is 2.03 bits per heavy atom. The van der Waals surface area contributed by atoms with Gasteiger partial charge >= 0.3 is 5.97 Å². The predicted molar refractivity (Wildman–Crippen MR) is 118 cm³/mol. The molecule has 1 aromatic carbocycles. The zero-order valence-corrected chi connectivity index (χ0v) is 18.4. The number of methoxy groups -OCH3 is 2. The van der Waals surface area contributed by atoms with E-state index in [-0.39, 0.29) is 18.9 Å². The number of anilines is 1. The average molecular weight is 435 g/mol. The highest BCUT2D eigenvalue weighted by atomic mass is 16.5. The number of esters is 1. The van der Waals surface area contributed by atoms with Crippen LogP contribution in [0.3, 0.4) is 0 Å². The summed E-state index contributed by atoms with van der Waals surface area (Å²) in [6.07, 6.45) is 9.00. The van der Waals surface area contributed by atoms with E-state index in [1.165, 1.54) is 6.20 Å². The lowest BCUT2D eigenvalue weighted by atomic mass is 9.84. The Morgan fingerprint density at radius 3 is 2.72 bits per heavy atom. The number of allylic oxidation sites excluding steroid dienone is 2. The van der Waals surface area contributed by atoms with Crippen molar-refractivity contribution in [1.82, 2.24) is 9.78 Å². The highest BCUT2D eigenvalue weighted by Crippen LogP contribution is 2.46. The summed E-state index contributed by atoms with van der Waals surface area (Å²) >= 11 is 0. The van der Waals surface area contributed by atoms with Gasteiger partial charge in [-0.05, 0) is 37.5 Å². The molecule has 1 aliphatic heterocycles. The van der Waals surface area contributed by atoms with E-state index in [4.69, 9.17) is 20.6 Å². The summed E-state index contributed by atoms with van der Waals surface area (Å²) in [6, 6.07) is 4.99. The molecule has 0 bridgehead atoms. The Kier molecular flexibility index (Phi) is 5.91. The molecule has 1 unspecified atom stereocenters. The maximum atomic E-state index is 13.2. The molecule has 2 aliphatic rings. The lowest BCUT2D eigenvalue weighted by Gasteiger charge is -2.39. The molecule has 8 heteroatoms. The quantitative estimate of drug-likeness (QED) is 0.509. The van der Waals surface area contributed by atoms with E-state index in [2.05, 4.69) is 11.0 Å². The normalized spacial score (nSPS) is 17.4. The molecule has 0 amide bonds. The maximum Gasteiger partial charge on any atom is 0.343 e. The van der Waals surface area contributed by atoms with Gasteiger partial charge in [-0.1, -0.05) is 12.0 Å². The van der Waals surface area contributed by atoms with Crippen molar-refractivity contribution in [2.45, 2.75) is 32.2 Å². The largest absolute Gasteiger partial charge is 0.493 e. The van der Waals surface area contributed by atoms with Crippen LogP contribution in [0.1, 0.15) is 48.1 Å². The molecule has 0 spiro atoms. The fourth-order valence-corrected chi connectivity index (χ4v) is 4.45. The van der Waals surface area contributed by atoms with Crippen LogP contribution in [-0.4, -0.2) is 48.9 Å². The summed E-state index contributed by atoms with van der Waals surface area (Å²) in [5, 5.41) is 4.52. The zero-order chi connectivity index (χ0) is 22.8. The third kappa shape index (κ3) is 3.40. The van der Waals surface area contributed by atoms with Crippen molar-refractivity contribution in [3.63, 3.8) is 0 Å². The summed E-state index contributed by atoms with van der Waals surface area (Å²) in [5.41, 5.74) is 2.59. The highest BCUT2D eigenvalue weighted by Gasteiger charge is 2.41. The summed E-state index contributed by atoms with van der Waals surface area (Å²) < 4.78 is 17.8. The van der Waals surface area contributed by atoms with E-state index in [1.54, 1.807) is 31.9 Å². The standard InChI is InChI=1S/C24H25N3O5/c1-5-12-26-17-8-7-9-18(28)21(17)22(15-10-11-19(30-3)20(13-15)31-4)27-23(26)16(14-25-27)24(29)32-6-2/h1,10-11,13-14,22H,6-9,12H2,2-4H3. The van der Waals surface area contributed by atoms with Crippen LogP contribution in [0, 0.1) is 12.3 Å². The van der Waals surface area contributed by atoms with Crippen molar-refractivity contribution in [2.75, 3.05) is 32.3 Å². The Hall–Kier alpha value is -3.73. The number of carbonyl (C=O) groups excluding carboxylic acids is 2. The molecule has 0 saturated carbocycles. The van der Waals surface area contributed by atoms with Crippen molar-refractivity contribution < 1.29 is 23.8 Å². The molecular weight excluding hydrogens is 410 g/mol. The predicted octanol–water partition coefficient (Wildman–Crippen LogP) is 3.13. The number of benzene rings is 1. The van der Waals surface area contributed by atoms with Crippen LogP contribution in [-0.2, 0) is 9.53 Å². The summed E-state index contributed by atoms with van der Waals surface area (Å²) in [4.78, 5) is 27.7. The highest BCUT2D eigenvalue weighted by molar-refractivity contribution is 6.01. The van der Waals surface area contributed by atoms with Gasteiger partial charge in [-0.2, -0.15) is 5.10 Å². The van der Waals surface area contributed by atoms with Crippen LogP contribution in [0.5, 0.6) is 11.5 Å². The number of carbonyl (C=O) groups is 2. The van der Waals surface area contributed by atoms with Crippen molar-refractivity contribution >= 4 is 17.6 Å². The van der Waals surface area contributed by atoms with Crippen LogP contribution < -0.4 is 14.4 Å². The second kappa shape index (κ2) is 8.79. The molecule has 1 atom stereocenters. The number of rotatable bonds is 6. The van der Waals surface area contributed by atoms with Crippen LogP contribution in [0.4, 0.5) is 5.82 Å². The van der Waals surface area contributed by atoms with Crippen LogP contribution >= 0.6 is 0 Å². The number of aromatic nitrogens is 2. The minimum atomic E-state index is -0.523. The second-order valence-electron chi connectivity index (χ2n) is 7.49.